The third-order valence-electron chi connectivity index (χ3n) is 3.02. The zero-order valence-corrected chi connectivity index (χ0v) is 10.9. The summed E-state index contributed by atoms with van der Waals surface area (Å²) < 4.78 is 6.49. The highest BCUT2D eigenvalue weighted by molar-refractivity contribution is 5.83. The van der Waals surface area contributed by atoms with E-state index in [4.69, 9.17) is 10.5 Å². The van der Waals surface area contributed by atoms with E-state index in [-0.39, 0.29) is 12.5 Å². The summed E-state index contributed by atoms with van der Waals surface area (Å²) in [4.78, 5) is 25.3. The lowest BCUT2D eigenvalue weighted by Gasteiger charge is -2.20. The molecule has 1 amide bonds. The largest absolute Gasteiger partial charge is 0.451 e. The average Bonchev–Trinajstić information content (AvgIpc) is 2.99. The van der Waals surface area contributed by atoms with Gasteiger partial charge in [0.1, 0.15) is 6.54 Å². The SMILES string of the molecule is CC(OC(=O)Cn1cc(N)cn1)C(=O)N1CCCC1. The lowest BCUT2D eigenvalue weighted by Crippen LogP contribution is -2.38. The molecule has 2 rings (SSSR count). The molecular formula is C12H18N4O3. The normalized spacial score (nSPS) is 16.4. The summed E-state index contributed by atoms with van der Waals surface area (Å²) in [6.07, 6.45) is 4.26. The molecule has 1 fully saturated rings. The molecule has 0 bridgehead atoms. The van der Waals surface area contributed by atoms with Crippen LogP contribution >= 0.6 is 0 Å². The molecule has 2 N–H and O–H groups in total. The van der Waals surface area contributed by atoms with Gasteiger partial charge in [-0.3, -0.25) is 14.3 Å². The Hall–Kier alpha value is -2.05. The first kappa shape index (κ1) is 13.4. The van der Waals surface area contributed by atoms with Gasteiger partial charge in [-0.05, 0) is 19.8 Å². The number of amides is 1. The molecule has 1 aromatic rings. The van der Waals surface area contributed by atoms with Gasteiger partial charge in [0.15, 0.2) is 6.10 Å². The van der Waals surface area contributed by atoms with Crippen LogP contribution in [0.25, 0.3) is 0 Å². The minimum absolute atomic E-state index is 0.0468. The molecule has 0 saturated carbocycles. The van der Waals surface area contributed by atoms with Crippen molar-refractivity contribution in [3.8, 4) is 0 Å². The van der Waals surface area contributed by atoms with E-state index in [0.717, 1.165) is 25.9 Å². The molecule has 0 aliphatic carbocycles. The highest BCUT2D eigenvalue weighted by Gasteiger charge is 2.25. The summed E-state index contributed by atoms with van der Waals surface area (Å²) in [6.45, 7) is 3.04. The monoisotopic (exact) mass is 266 g/mol. The van der Waals surface area contributed by atoms with Crippen molar-refractivity contribution in [3.05, 3.63) is 12.4 Å². The smallest absolute Gasteiger partial charge is 0.328 e. The topological polar surface area (TPSA) is 90.5 Å². The number of hydrogen-bond donors (Lipinski definition) is 1. The lowest BCUT2D eigenvalue weighted by molar-refractivity contribution is -0.159. The van der Waals surface area contributed by atoms with E-state index in [0.29, 0.717) is 5.69 Å². The molecule has 7 nitrogen and oxygen atoms in total. The molecular weight excluding hydrogens is 248 g/mol. The van der Waals surface area contributed by atoms with Gasteiger partial charge in [0.05, 0.1) is 11.9 Å². The van der Waals surface area contributed by atoms with Crippen molar-refractivity contribution in [2.75, 3.05) is 18.8 Å². The number of likely N-dealkylation sites (tertiary alicyclic amines) is 1. The van der Waals surface area contributed by atoms with Gasteiger partial charge in [-0.15, -0.1) is 0 Å². The van der Waals surface area contributed by atoms with Gasteiger partial charge in [0.2, 0.25) is 0 Å². The summed E-state index contributed by atoms with van der Waals surface area (Å²) in [5, 5.41) is 3.88. The highest BCUT2D eigenvalue weighted by Crippen LogP contribution is 2.10. The zero-order valence-electron chi connectivity index (χ0n) is 10.9. The summed E-state index contributed by atoms with van der Waals surface area (Å²) >= 11 is 0. The van der Waals surface area contributed by atoms with Crippen LogP contribution in [0.5, 0.6) is 0 Å². The fraction of sp³-hybridized carbons (Fsp3) is 0.583. The van der Waals surface area contributed by atoms with Crippen LogP contribution in [0.15, 0.2) is 12.4 Å². The third-order valence-corrected chi connectivity index (χ3v) is 3.02. The van der Waals surface area contributed by atoms with Crippen molar-refractivity contribution >= 4 is 17.6 Å². The van der Waals surface area contributed by atoms with E-state index < -0.39 is 12.1 Å². The number of anilines is 1. The Balaban J connectivity index is 1.82. The lowest BCUT2D eigenvalue weighted by atomic mass is 10.3. The van der Waals surface area contributed by atoms with E-state index in [1.54, 1.807) is 11.8 Å². The van der Waals surface area contributed by atoms with Crippen LogP contribution in [0.3, 0.4) is 0 Å². The van der Waals surface area contributed by atoms with Crippen molar-refractivity contribution in [2.24, 2.45) is 0 Å². The first-order valence-corrected chi connectivity index (χ1v) is 6.32. The van der Waals surface area contributed by atoms with Gasteiger partial charge in [0, 0.05) is 19.3 Å². The minimum Gasteiger partial charge on any atom is -0.451 e. The first-order valence-electron chi connectivity index (χ1n) is 6.32. The van der Waals surface area contributed by atoms with Gasteiger partial charge in [-0.25, -0.2) is 0 Å². The Kier molecular flexibility index (Phi) is 4.03. The third kappa shape index (κ3) is 3.46. The number of nitrogen functional groups attached to an aromatic ring is 1. The van der Waals surface area contributed by atoms with Crippen LogP contribution in [0, 0.1) is 0 Å². The van der Waals surface area contributed by atoms with Gasteiger partial charge in [0.25, 0.3) is 5.91 Å². The van der Waals surface area contributed by atoms with Crippen LogP contribution in [0.1, 0.15) is 19.8 Å². The van der Waals surface area contributed by atoms with Crippen LogP contribution in [0.4, 0.5) is 5.69 Å². The molecule has 0 radical (unpaired) electrons. The number of esters is 1. The molecule has 1 aromatic heterocycles. The van der Waals surface area contributed by atoms with E-state index in [1.807, 2.05) is 0 Å². The molecule has 104 valence electrons. The van der Waals surface area contributed by atoms with Crippen LogP contribution in [-0.2, 0) is 20.9 Å². The Morgan fingerprint density at radius 1 is 1.47 bits per heavy atom. The molecule has 7 heteroatoms. The maximum absolute atomic E-state index is 11.9. The van der Waals surface area contributed by atoms with Gasteiger partial charge >= 0.3 is 5.97 Å². The maximum Gasteiger partial charge on any atom is 0.328 e. The number of carbonyl (C=O) groups is 2. The molecule has 1 aliphatic rings. The fourth-order valence-corrected chi connectivity index (χ4v) is 2.08. The Bertz CT molecular complexity index is 465. The van der Waals surface area contributed by atoms with Crippen molar-refractivity contribution in [1.29, 1.82) is 0 Å². The minimum atomic E-state index is -0.751. The van der Waals surface area contributed by atoms with Crippen LogP contribution in [-0.4, -0.2) is 45.8 Å². The quantitative estimate of drug-likeness (QED) is 0.776. The van der Waals surface area contributed by atoms with Crippen LogP contribution < -0.4 is 5.73 Å². The van der Waals surface area contributed by atoms with Crippen LogP contribution in [0.2, 0.25) is 0 Å². The van der Waals surface area contributed by atoms with E-state index in [9.17, 15) is 9.59 Å². The number of aromatic nitrogens is 2. The molecule has 1 unspecified atom stereocenters. The van der Waals surface area contributed by atoms with Crippen molar-refractivity contribution in [1.82, 2.24) is 14.7 Å². The van der Waals surface area contributed by atoms with Crippen molar-refractivity contribution < 1.29 is 14.3 Å². The van der Waals surface area contributed by atoms with Gasteiger partial charge < -0.3 is 15.4 Å². The number of rotatable bonds is 4. The fourth-order valence-electron chi connectivity index (χ4n) is 2.08. The first-order chi connectivity index (χ1) is 9.06. The predicted molar refractivity (Wildman–Crippen MR) is 68.0 cm³/mol. The molecule has 0 spiro atoms. The second-order valence-corrected chi connectivity index (χ2v) is 4.64. The van der Waals surface area contributed by atoms with Crippen molar-refractivity contribution in [3.63, 3.8) is 0 Å². The number of nitrogens with two attached hydrogens (primary N) is 1. The summed E-state index contributed by atoms with van der Waals surface area (Å²) in [5.41, 5.74) is 5.97. The molecule has 19 heavy (non-hydrogen) atoms. The molecule has 1 atom stereocenters. The number of nitrogens with zero attached hydrogens (tertiary/aromatic N) is 3. The number of ether oxygens (including phenoxy) is 1. The number of hydrogen-bond acceptors (Lipinski definition) is 5. The van der Waals surface area contributed by atoms with E-state index >= 15 is 0 Å². The maximum atomic E-state index is 11.9. The molecule has 0 aromatic carbocycles. The van der Waals surface area contributed by atoms with E-state index in [2.05, 4.69) is 5.10 Å². The summed E-state index contributed by atoms with van der Waals surface area (Å²) in [5.74, 6) is -0.631. The predicted octanol–water partition coefficient (Wildman–Crippen LogP) is 0.0194. The number of carbonyl (C=O) groups excluding carboxylic acids is 2. The Morgan fingerprint density at radius 2 is 2.16 bits per heavy atom. The average molecular weight is 266 g/mol. The zero-order chi connectivity index (χ0) is 13.8. The van der Waals surface area contributed by atoms with Crippen molar-refractivity contribution in [2.45, 2.75) is 32.4 Å². The second-order valence-electron chi connectivity index (χ2n) is 4.64. The van der Waals surface area contributed by atoms with Gasteiger partial charge in [-0.1, -0.05) is 0 Å². The summed E-state index contributed by atoms with van der Waals surface area (Å²) in [6, 6.07) is 0. The Morgan fingerprint density at radius 3 is 2.74 bits per heavy atom. The van der Waals surface area contributed by atoms with Gasteiger partial charge in [-0.2, -0.15) is 5.10 Å². The standard InChI is InChI=1S/C12H18N4O3/c1-9(12(18)15-4-2-3-5-15)19-11(17)8-16-7-10(13)6-14-16/h6-7,9H,2-5,8,13H2,1H3. The highest BCUT2D eigenvalue weighted by atomic mass is 16.5. The Labute approximate surface area is 111 Å². The molecule has 1 saturated heterocycles. The molecule has 2 heterocycles. The van der Waals surface area contributed by atoms with E-state index in [1.165, 1.54) is 17.1 Å². The second kappa shape index (κ2) is 5.73. The molecule has 1 aliphatic heterocycles. The summed E-state index contributed by atoms with van der Waals surface area (Å²) in [7, 11) is 0.